The summed E-state index contributed by atoms with van der Waals surface area (Å²) in [5.41, 5.74) is 1.73. The van der Waals surface area contributed by atoms with Crippen molar-refractivity contribution in [3.63, 3.8) is 0 Å². The van der Waals surface area contributed by atoms with Crippen LogP contribution in [-0.4, -0.2) is 74.2 Å². The Labute approximate surface area is 196 Å². The maximum atomic E-state index is 13.0. The molecule has 34 heavy (non-hydrogen) atoms. The van der Waals surface area contributed by atoms with E-state index in [9.17, 15) is 14.4 Å². The number of para-hydroxylation sites is 1. The number of hydrogen-bond donors (Lipinski definition) is 0. The lowest BCUT2D eigenvalue weighted by molar-refractivity contribution is -0.145. The summed E-state index contributed by atoms with van der Waals surface area (Å²) in [6.07, 6.45) is 5.80. The number of rotatable bonds is 4. The zero-order valence-electron chi connectivity index (χ0n) is 18.6. The minimum Gasteiger partial charge on any atom is -0.346 e. The summed E-state index contributed by atoms with van der Waals surface area (Å²) in [6, 6.07) is 12.1. The summed E-state index contributed by atoms with van der Waals surface area (Å²) >= 11 is 0. The molecule has 1 aromatic carbocycles. The molecule has 0 saturated carbocycles. The Morgan fingerprint density at radius 3 is 2.38 bits per heavy atom. The van der Waals surface area contributed by atoms with Gasteiger partial charge in [-0.15, -0.1) is 0 Å². The van der Waals surface area contributed by atoms with Gasteiger partial charge in [0, 0.05) is 61.4 Å². The number of piperazine rings is 1. The Bertz CT molecular complexity index is 1270. The monoisotopic (exact) mass is 456 g/mol. The molecule has 3 amide bonds. The van der Waals surface area contributed by atoms with Gasteiger partial charge in [-0.25, -0.2) is 9.97 Å². The molecule has 9 heteroatoms. The predicted molar refractivity (Wildman–Crippen MR) is 125 cm³/mol. The number of carbonyl (C=O) groups is 3. The van der Waals surface area contributed by atoms with Crippen LogP contribution in [0.5, 0.6) is 0 Å². The Kier molecular flexibility index (Phi) is 4.97. The van der Waals surface area contributed by atoms with Gasteiger partial charge in [0.25, 0.3) is 0 Å². The van der Waals surface area contributed by atoms with Crippen molar-refractivity contribution in [2.75, 3.05) is 24.5 Å². The molecule has 3 aliphatic rings. The average molecular weight is 457 g/mol. The van der Waals surface area contributed by atoms with Crippen molar-refractivity contribution in [2.24, 2.45) is 0 Å². The van der Waals surface area contributed by atoms with E-state index in [1.54, 1.807) is 12.4 Å². The lowest BCUT2D eigenvalue weighted by Gasteiger charge is -2.42. The second kappa shape index (κ2) is 8.16. The highest BCUT2D eigenvalue weighted by Crippen LogP contribution is 2.38. The number of pyridine rings is 1. The molecule has 0 aliphatic carbocycles. The molecule has 2 unspecified atom stereocenters. The molecule has 6 rings (SSSR count). The van der Waals surface area contributed by atoms with Crippen LogP contribution in [0, 0.1) is 0 Å². The van der Waals surface area contributed by atoms with Gasteiger partial charge in [0.05, 0.1) is 5.52 Å². The van der Waals surface area contributed by atoms with Gasteiger partial charge in [0.15, 0.2) is 5.82 Å². The third-order valence-electron chi connectivity index (χ3n) is 7.03. The number of aromatic nitrogens is 3. The zero-order valence-corrected chi connectivity index (χ0v) is 18.6. The van der Waals surface area contributed by atoms with Crippen molar-refractivity contribution in [3.05, 3.63) is 48.8 Å². The van der Waals surface area contributed by atoms with Crippen LogP contribution in [-0.2, 0) is 14.4 Å². The normalized spacial score (nSPS) is 22.2. The number of carbonyl (C=O) groups excluding carboxylic acids is 3. The molecular formula is C25H24N6O3. The highest BCUT2D eigenvalue weighted by atomic mass is 16.2. The lowest BCUT2D eigenvalue weighted by Crippen LogP contribution is -2.57. The first kappa shape index (κ1) is 20.7. The van der Waals surface area contributed by atoms with Crippen molar-refractivity contribution in [1.82, 2.24) is 24.8 Å². The van der Waals surface area contributed by atoms with Crippen molar-refractivity contribution in [3.8, 4) is 11.4 Å². The molecule has 2 atom stereocenters. The fourth-order valence-corrected chi connectivity index (χ4v) is 5.37. The minimum atomic E-state index is -0.254. The van der Waals surface area contributed by atoms with E-state index in [0.717, 1.165) is 40.0 Å². The largest absolute Gasteiger partial charge is 0.346 e. The highest BCUT2D eigenvalue weighted by Gasteiger charge is 2.43. The van der Waals surface area contributed by atoms with Crippen molar-refractivity contribution < 1.29 is 14.4 Å². The predicted octanol–water partition coefficient (Wildman–Crippen LogP) is 2.02. The van der Waals surface area contributed by atoms with Gasteiger partial charge in [0.2, 0.25) is 17.7 Å². The summed E-state index contributed by atoms with van der Waals surface area (Å²) in [5, 5.41) is 0.986. The van der Waals surface area contributed by atoms with E-state index in [1.807, 2.05) is 41.3 Å². The average Bonchev–Trinajstić information content (AvgIpc) is 3.32. The molecule has 172 valence electrons. The van der Waals surface area contributed by atoms with Crippen molar-refractivity contribution >= 4 is 34.4 Å². The van der Waals surface area contributed by atoms with Crippen molar-refractivity contribution in [2.45, 2.75) is 37.8 Å². The zero-order chi connectivity index (χ0) is 23.2. The van der Waals surface area contributed by atoms with Crippen LogP contribution >= 0.6 is 0 Å². The van der Waals surface area contributed by atoms with Gasteiger partial charge >= 0.3 is 0 Å². The fraction of sp³-hybridized carbons (Fsp3) is 0.360. The second-order valence-electron chi connectivity index (χ2n) is 9.09. The van der Waals surface area contributed by atoms with Crippen LogP contribution in [0.1, 0.15) is 25.7 Å². The standard InChI is InChI=1S/C25H24N6O3/c32-21-9-10-22(33)30(21)15-23(34)29-13-17-7-8-18(14-29)31(17)25-19-5-1-2-6-20(19)27-24(28-25)16-4-3-11-26-12-16/h1-6,11-12,17-18H,7-10,13-15H2. The van der Waals surface area contributed by atoms with Gasteiger partial charge in [-0.3, -0.25) is 24.3 Å². The number of nitrogens with zero attached hydrogens (tertiary/aromatic N) is 6. The van der Waals surface area contributed by atoms with Gasteiger partial charge in [0.1, 0.15) is 12.4 Å². The first-order valence-corrected chi connectivity index (χ1v) is 11.6. The van der Waals surface area contributed by atoms with Crippen LogP contribution in [0.4, 0.5) is 5.82 Å². The first-order chi connectivity index (χ1) is 16.6. The lowest BCUT2D eigenvalue weighted by atomic mass is 10.1. The quantitative estimate of drug-likeness (QED) is 0.554. The van der Waals surface area contributed by atoms with E-state index in [2.05, 4.69) is 9.88 Å². The fourth-order valence-electron chi connectivity index (χ4n) is 5.37. The molecule has 3 aromatic rings. The van der Waals surface area contributed by atoms with Crippen LogP contribution in [0.25, 0.3) is 22.3 Å². The summed E-state index contributed by atoms with van der Waals surface area (Å²) in [4.78, 5) is 56.1. The summed E-state index contributed by atoms with van der Waals surface area (Å²) in [7, 11) is 0. The number of fused-ring (bicyclic) bond motifs is 3. The van der Waals surface area contributed by atoms with Crippen LogP contribution in [0.3, 0.4) is 0 Å². The van der Waals surface area contributed by atoms with E-state index in [4.69, 9.17) is 9.97 Å². The van der Waals surface area contributed by atoms with Crippen molar-refractivity contribution in [1.29, 1.82) is 0 Å². The molecule has 0 N–H and O–H groups in total. The molecule has 3 fully saturated rings. The van der Waals surface area contributed by atoms with Crippen LogP contribution < -0.4 is 4.90 Å². The molecule has 9 nitrogen and oxygen atoms in total. The Hall–Kier alpha value is -3.88. The Morgan fingerprint density at radius 2 is 1.68 bits per heavy atom. The maximum Gasteiger partial charge on any atom is 0.242 e. The van der Waals surface area contributed by atoms with Gasteiger partial charge in [-0.1, -0.05) is 12.1 Å². The third-order valence-corrected chi connectivity index (χ3v) is 7.03. The molecule has 2 bridgehead atoms. The Balaban J connectivity index is 1.30. The minimum absolute atomic E-state index is 0.118. The Morgan fingerprint density at radius 1 is 0.941 bits per heavy atom. The maximum absolute atomic E-state index is 13.0. The number of likely N-dealkylation sites (tertiary alicyclic amines) is 2. The SMILES string of the molecule is O=C(CN1C(=O)CCC1=O)N1CC2CCC(C1)N2c1nc(-c2cccnc2)nc2ccccc12. The topological polar surface area (TPSA) is 99.6 Å². The molecule has 0 radical (unpaired) electrons. The van der Waals surface area contributed by atoms with E-state index in [-0.39, 0.29) is 49.2 Å². The van der Waals surface area contributed by atoms with Crippen LogP contribution in [0.2, 0.25) is 0 Å². The second-order valence-corrected chi connectivity index (χ2v) is 9.09. The number of imide groups is 1. The van der Waals surface area contributed by atoms with Crippen LogP contribution in [0.15, 0.2) is 48.8 Å². The van der Waals surface area contributed by atoms with Gasteiger partial charge < -0.3 is 9.80 Å². The highest BCUT2D eigenvalue weighted by molar-refractivity contribution is 6.04. The molecule has 5 heterocycles. The first-order valence-electron chi connectivity index (χ1n) is 11.6. The number of benzene rings is 1. The molecule has 3 saturated heterocycles. The van der Waals surface area contributed by atoms with Gasteiger partial charge in [-0.05, 0) is 37.1 Å². The van der Waals surface area contributed by atoms with E-state index < -0.39 is 0 Å². The molecule has 3 aliphatic heterocycles. The van der Waals surface area contributed by atoms with E-state index in [1.165, 1.54) is 0 Å². The summed E-state index contributed by atoms with van der Waals surface area (Å²) in [6.45, 7) is 0.941. The summed E-state index contributed by atoms with van der Waals surface area (Å²) in [5.74, 6) is 0.842. The molecule has 0 spiro atoms. The van der Waals surface area contributed by atoms with E-state index >= 15 is 0 Å². The molecular weight excluding hydrogens is 432 g/mol. The number of amides is 3. The smallest absolute Gasteiger partial charge is 0.242 e. The summed E-state index contributed by atoms with van der Waals surface area (Å²) < 4.78 is 0. The molecule has 2 aromatic heterocycles. The number of anilines is 1. The number of hydrogen-bond acceptors (Lipinski definition) is 7. The van der Waals surface area contributed by atoms with E-state index in [0.29, 0.717) is 18.9 Å². The van der Waals surface area contributed by atoms with Gasteiger partial charge in [-0.2, -0.15) is 0 Å². The third kappa shape index (κ3) is 3.48.